The van der Waals surface area contributed by atoms with Crippen molar-refractivity contribution < 1.29 is 4.79 Å². The Bertz CT molecular complexity index is 1020. The van der Waals surface area contributed by atoms with Gasteiger partial charge in [0.15, 0.2) is 0 Å². The predicted molar refractivity (Wildman–Crippen MR) is 113 cm³/mol. The van der Waals surface area contributed by atoms with Crippen molar-refractivity contribution in [1.82, 2.24) is 0 Å². The van der Waals surface area contributed by atoms with Crippen molar-refractivity contribution in [1.29, 1.82) is 0 Å². The van der Waals surface area contributed by atoms with Crippen molar-refractivity contribution in [3.63, 3.8) is 0 Å². The van der Waals surface area contributed by atoms with Crippen molar-refractivity contribution in [3.05, 3.63) is 101 Å². The lowest BCUT2D eigenvalue weighted by molar-refractivity contribution is -0.117. The molecule has 4 rings (SSSR count). The van der Waals surface area contributed by atoms with E-state index in [2.05, 4.69) is 73.7 Å². The third-order valence-electron chi connectivity index (χ3n) is 5.11. The number of carbonyl (C=O) groups excluding carboxylic acids is 1. The molecule has 0 aromatic heterocycles. The molecular weight excluding hydrogens is 330 g/mol. The van der Waals surface area contributed by atoms with Crippen LogP contribution < -0.4 is 4.90 Å². The van der Waals surface area contributed by atoms with Crippen molar-refractivity contribution in [2.75, 3.05) is 11.4 Å². The van der Waals surface area contributed by atoms with Gasteiger partial charge >= 0.3 is 0 Å². The molecule has 0 spiro atoms. The lowest BCUT2D eigenvalue weighted by Gasteiger charge is -2.29. The average Bonchev–Trinajstić information content (AvgIpc) is 2.68. The van der Waals surface area contributed by atoms with Gasteiger partial charge in [0.2, 0.25) is 5.91 Å². The molecule has 0 saturated carbocycles. The van der Waals surface area contributed by atoms with Crippen LogP contribution in [0, 0.1) is 6.92 Å². The van der Waals surface area contributed by atoms with E-state index in [1.807, 2.05) is 24.0 Å². The lowest BCUT2D eigenvalue weighted by Crippen LogP contribution is -2.34. The summed E-state index contributed by atoms with van der Waals surface area (Å²) in [4.78, 5) is 14.9. The van der Waals surface area contributed by atoms with Crippen LogP contribution in [-0.2, 0) is 11.2 Å². The van der Waals surface area contributed by atoms with Crippen LogP contribution in [-0.4, -0.2) is 12.5 Å². The molecule has 0 bridgehead atoms. The van der Waals surface area contributed by atoms with Crippen LogP contribution in [0.1, 0.15) is 34.7 Å². The highest BCUT2D eigenvalue weighted by Gasteiger charge is 2.25. The summed E-state index contributed by atoms with van der Waals surface area (Å²) in [5.41, 5.74) is 7.83. The molecule has 0 fully saturated rings. The molecule has 0 unspecified atom stereocenters. The van der Waals surface area contributed by atoms with E-state index in [0.717, 1.165) is 27.9 Å². The molecule has 134 valence electrons. The average molecular weight is 353 g/mol. The SMILES string of the molecule is CCN1C(=O)Cc2ccccc2/C(=C\c2ccccc2)c2cc(C)ccc21. The molecule has 0 radical (unpaired) electrons. The van der Waals surface area contributed by atoms with Crippen LogP contribution in [0.4, 0.5) is 5.69 Å². The Kier molecular flexibility index (Phi) is 4.64. The molecule has 0 saturated heterocycles. The summed E-state index contributed by atoms with van der Waals surface area (Å²) in [6.07, 6.45) is 2.66. The van der Waals surface area contributed by atoms with Crippen molar-refractivity contribution in [2.45, 2.75) is 20.3 Å². The quantitative estimate of drug-likeness (QED) is 0.596. The summed E-state index contributed by atoms with van der Waals surface area (Å²) in [5, 5.41) is 0. The number of hydrogen-bond donors (Lipinski definition) is 0. The molecular formula is C25H23NO. The van der Waals surface area contributed by atoms with E-state index in [1.54, 1.807) is 0 Å². The van der Waals surface area contributed by atoms with E-state index in [0.29, 0.717) is 13.0 Å². The monoisotopic (exact) mass is 353 g/mol. The van der Waals surface area contributed by atoms with Gasteiger partial charge in [-0.15, -0.1) is 0 Å². The van der Waals surface area contributed by atoms with Gasteiger partial charge in [0.1, 0.15) is 0 Å². The molecule has 2 heteroatoms. The third kappa shape index (κ3) is 3.31. The van der Waals surface area contributed by atoms with Crippen LogP contribution in [0.15, 0.2) is 72.8 Å². The molecule has 1 aliphatic heterocycles. The van der Waals surface area contributed by atoms with Crippen LogP contribution >= 0.6 is 0 Å². The fourth-order valence-corrected chi connectivity index (χ4v) is 3.79. The largest absolute Gasteiger partial charge is 0.312 e. The Morgan fingerprint density at radius 1 is 0.926 bits per heavy atom. The Balaban J connectivity index is 2.04. The zero-order chi connectivity index (χ0) is 18.8. The van der Waals surface area contributed by atoms with Gasteiger partial charge in [-0.25, -0.2) is 0 Å². The maximum atomic E-state index is 13.0. The lowest BCUT2D eigenvalue weighted by atomic mass is 9.87. The number of rotatable bonds is 2. The summed E-state index contributed by atoms with van der Waals surface area (Å²) in [6.45, 7) is 4.80. The smallest absolute Gasteiger partial charge is 0.231 e. The van der Waals surface area contributed by atoms with Gasteiger partial charge in [0.25, 0.3) is 0 Å². The molecule has 1 heterocycles. The van der Waals surface area contributed by atoms with E-state index in [1.165, 1.54) is 11.1 Å². The van der Waals surface area contributed by atoms with E-state index in [4.69, 9.17) is 0 Å². The summed E-state index contributed by atoms with van der Waals surface area (Å²) < 4.78 is 0. The second kappa shape index (κ2) is 7.24. The summed E-state index contributed by atoms with van der Waals surface area (Å²) in [6, 6.07) is 25.0. The standard InChI is InChI=1S/C25H23NO/c1-3-26-24-14-13-18(2)15-23(24)22(16-19-9-5-4-6-10-19)21-12-8-7-11-20(21)17-25(26)27/h4-16H,3,17H2,1-2H3/b22-16+. The third-order valence-corrected chi connectivity index (χ3v) is 5.11. The van der Waals surface area contributed by atoms with Crippen LogP contribution in [0.2, 0.25) is 0 Å². The minimum Gasteiger partial charge on any atom is -0.312 e. The highest BCUT2D eigenvalue weighted by Crippen LogP contribution is 2.38. The Morgan fingerprint density at radius 2 is 1.67 bits per heavy atom. The number of nitrogens with zero attached hydrogens (tertiary/aromatic N) is 1. The zero-order valence-corrected chi connectivity index (χ0v) is 15.8. The number of carbonyl (C=O) groups is 1. The maximum Gasteiger partial charge on any atom is 0.231 e. The first-order valence-electron chi connectivity index (χ1n) is 9.44. The fraction of sp³-hybridized carbons (Fsp3) is 0.160. The summed E-state index contributed by atoms with van der Waals surface area (Å²) in [5.74, 6) is 0.147. The minimum atomic E-state index is 0.147. The van der Waals surface area contributed by atoms with E-state index in [-0.39, 0.29) is 5.91 Å². The van der Waals surface area contributed by atoms with Gasteiger partial charge in [-0.3, -0.25) is 4.79 Å². The molecule has 27 heavy (non-hydrogen) atoms. The molecule has 2 nitrogen and oxygen atoms in total. The first kappa shape index (κ1) is 17.3. The van der Waals surface area contributed by atoms with E-state index in [9.17, 15) is 4.79 Å². The van der Waals surface area contributed by atoms with Gasteiger partial charge in [0.05, 0.1) is 12.1 Å². The second-order valence-corrected chi connectivity index (χ2v) is 6.96. The number of hydrogen-bond acceptors (Lipinski definition) is 1. The van der Waals surface area contributed by atoms with Gasteiger partial charge in [-0.05, 0) is 54.3 Å². The molecule has 0 N–H and O–H groups in total. The molecule has 3 aromatic rings. The van der Waals surface area contributed by atoms with E-state index < -0.39 is 0 Å². The number of likely N-dealkylation sites (N-methyl/N-ethyl adjacent to an activating group) is 1. The highest BCUT2D eigenvalue weighted by atomic mass is 16.2. The second-order valence-electron chi connectivity index (χ2n) is 6.96. The van der Waals surface area contributed by atoms with Crippen molar-refractivity contribution >= 4 is 23.2 Å². The number of amides is 1. The fourth-order valence-electron chi connectivity index (χ4n) is 3.79. The first-order chi connectivity index (χ1) is 13.2. The van der Waals surface area contributed by atoms with Crippen LogP contribution in [0.3, 0.4) is 0 Å². The van der Waals surface area contributed by atoms with Crippen molar-refractivity contribution in [3.8, 4) is 0 Å². The van der Waals surface area contributed by atoms with Gasteiger partial charge in [-0.2, -0.15) is 0 Å². The van der Waals surface area contributed by atoms with Gasteiger partial charge < -0.3 is 4.90 Å². The van der Waals surface area contributed by atoms with Gasteiger partial charge in [-0.1, -0.05) is 66.2 Å². The number of anilines is 1. The zero-order valence-electron chi connectivity index (χ0n) is 15.8. The summed E-state index contributed by atoms with van der Waals surface area (Å²) >= 11 is 0. The highest BCUT2D eigenvalue weighted by molar-refractivity contribution is 6.05. The molecule has 0 aliphatic carbocycles. The van der Waals surface area contributed by atoms with Crippen LogP contribution in [0.25, 0.3) is 11.6 Å². The number of benzene rings is 3. The molecule has 1 amide bonds. The normalized spacial score (nSPS) is 15.1. The van der Waals surface area contributed by atoms with Crippen molar-refractivity contribution in [2.24, 2.45) is 0 Å². The van der Waals surface area contributed by atoms with Crippen LogP contribution in [0.5, 0.6) is 0 Å². The Morgan fingerprint density at radius 3 is 2.44 bits per heavy atom. The first-order valence-corrected chi connectivity index (χ1v) is 9.44. The maximum absolute atomic E-state index is 13.0. The molecule has 3 aromatic carbocycles. The Hall–Kier alpha value is -3.13. The molecule has 1 aliphatic rings. The predicted octanol–water partition coefficient (Wildman–Crippen LogP) is 5.49. The number of aryl methyl sites for hydroxylation is 1. The van der Waals surface area contributed by atoms with Gasteiger partial charge in [0, 0.05) is 12.1 Å². The minimum absolute atomic E-state index is 0.147. The molecule has 0 atom stereocenters. The summed E-state index contributed by atoms with van der Waals surface area (Å²) in [7, 11) is 0. The van der Waals surface area contributed by atoms with E-state index >= 15 is 0 Å². The number of fused-ring (bicyclic) bond motifs is 2. The topological polar surface area (TPSA) is 20.3 Å². The Labute approximate surface area is 160 Å².